The molecule has 5 heavy (non-hydrogen) atoms. The van der Waals surface area contributed by atoms with Crippen molar-refractivity contribution in [2.45, 2.75) is 0 Å². The van der Waals surface area contributed by atoms with Crippen LogP contribution in [-0.2, 0) is 11.4 Å². The predicted molar refractivity (Wildman–Crippen MR) is 15.5 cm³/mol. The van der Waals surface area contributed by atoms with E-state index < -0.39 is 11.4 Å². The fourth-order valence-corrected chi connectivity index (χ4v) is 0. The Balaban J connectivity index is 0. The minimum absolute atomic E-state index is 0. The van der Waals surface area contributed by atoms with Crippen molar-refractivity contribution in [2.75, 3.05) is 0 Å². The Morgan fingerprint density at radius 1 is 1.40 bits per heavy atom. The summed E-state index contributed by atoms with van der Waals surface area (Å²) in [7, 11) is 0. The van der Waals surface area contributed by atoms with Gasteiger partial charge in [-0.25, -0.2) is 0 Å². The number of hydrogen-bond donors (Lipinski definition) is 0. The Morgan fingerprint density at radius 2 is 1.40 bits per heavy atom. The van der Waals surface area contributed by atoms with E-state index in [-0.39, 0.29) is 10.1 Å². The second-order valence-corrected chi connectivity index (χ2v) is 0.612. The first kappa shape index (κ1) is 8.97. The van der Waals surface area contributed by atoms with Crippen LogP contribution >= 0.6 is 0 Å². The molecule has 0 aromatic heterocycles. The minimum Gasteiger partial charge on any atom is -0.784 e. The smallest absolute Gasteiger partial charge is 0.784 e. The summed E-state index contributed by atoms with van der Waals surface area (Å²) in [6, 6.07) is 0. The topological polar surface area (TPSA) is 63.2 Å². The van der Waals surface area contributed by atoms with E-state index in [0.29, 0.717) is 0 Å². The Bertz CT molecular complexity index is 29.9. The zero-order valence-corrected chi connectivity index (χ0v) is 3.16. The Hall–Kier alpha value is 0.239. The molecule has 0 unspecified atom stereocenters. The molecule has 0 atom stereocenters. The molecule has 0 aliphatic carbocycles. The predicted octanol–water partition coefficient (Wildman–Crippen LogP) is -1.38. The molecule has 0 heterocycles. The van der Waals surface area contributed by atoms with Crippen molar-refractivity contribution in [1.82, 2.24) is 0 Å². The van der Waals surface area contributed by atoms with Crippen LogP contribution in [-0.4, -0.2) is 23.4 Å². The van der Waals surface area contributed by atoms with Crippen LogP contribution < -0.4 is 0 Å². The summed E-state index contributed by atoms with van der Waals surface area (Å²) in [5.41, 5.74) is 0. The van der Waals surface area contributed by atoms with Crippen molar-refractivity contribution in [2.24, 2.45) is 0 Å². The van der Waals surface area contributed by atoms with Crippen molar-refractivity contribution in [1.29, 1.82) is 0 Å². The molecule has 0 amide bonds. The summed E-state index contributed by atoms with van der Waals surface area (Å²) >= 11 is -3.11. The average molecular weight is 89.1 g/mol. The number of hydrogen-bond acceptors (Lipinski definition) is 3. The van der Waals surface area contributed by atoms with E-state index in [0.717, 1.165) is 0 Å². The van der Waals surface area contributed by atoms with Crippen LogP contribution in [0.3, 0.4) is 0 Å². The summed E-state index contributed by atoms with van der Waals surface area (Å²) in [5.74, 6) is 0. The molecule has 0 aliphatic rings. The van der Waals surface area contributed by atoms with Gasteiger partial charge in [0.2, 0.25) is 0 Å². The van der Waals surface area contributed by atoms with E-state index in [1.165, 1.54) is 0 Å². The van der Waals surface area contributed by atoms with Crippen LogP contribution in [0.1, 0.15) is 0 Å². The molecule has 0 fully saturated rings. The van der Waals surface area contributed by atoms with Gasteiger partial charge in [0.05, 0.1) is 0 Å². The van der Waals surface area contributed by atoms with Gasteiger partial charge in [-0.3, -0.25) is 4.21 Å². The van der Waals surface area contributed by atoms with E-state index >= 15 is 0 Å². The molecule has 0 radical (unpaired) electrons. The van der Waals surface area contributed by atoms with Crippen LogP contribution in [0.5, 0.6) is 0 Å². The van der Waals surface area contributed by atoms with Crippen molar-refractivity contribution >= 4 is 21.5 Å². The van der Waals surface area contributed by atoms with Gasteiger partial charge in [0.1, 0.15) is 0 Å². The van der Waals surface area contributed by atoms with E-state index in [4.69, 9.17) is 13.3 Å². The third kappa shape index (κ3) is 372. The van der Waals surface area contributed by atoms with Gasteiger partial charge < -0.3 is 9.11 Å². The maximum absolute atomic E-state index is 8.44. The normalized spacial score (nSPS) is 7.00. The van der Waals surface area contributed by atoms with Gasteiger partial charge in [0, 0.05) is 0 Å². The molecule has 0 saturated heterocycles. The summed E-state index contributed by atoms with van der Waals surface area (Å²) in [5, 5.41) is 0. The molecular weight excluding hydrogens is 89.1 g/mol. The third-order valence-electron chi connectivity index (χ3n) is 0. The fourth-order valence-electron chi connectivity index (χ4n) is 0. The Labute approximate surface area is 35.7 Å². The van der Waals surface area contributed by atoms with Crippen molar-refractivity contribution in [3.63, 3.8) is 0 Å². The minimum atomic E-state index is -3.11. The molecule has 0 aromatic rings. The zero-order valence-electron chi connectivity index (χ0n) is 2.34. The van der Waals surface area contributed by atoms with Crippen molar-refractivity contribution in [3.05, 3.63) is 0 Å². The Morgan fingerprint density at radius 3 is 1.40 bits per heavy atom. The first-order valence-electron chi connectivity index (χ1n) is 0.500. The molecule has 3 nitrogen and oxygen atoms in total. The van der Waals surface area contributed by atoms with Gasteiger partial charge in [0.25, 0.3) is 0 Å². The molecule has 0 bridgehead atoms. The van der Waals surface area contributed by atoms with E-state index in [9.17, 15) is 0 Å². The SMILES string of the molecule is O=S([O-])[O-].[Be+2]. The van der Waals surface area contributed by atoms with Crippen LogP contribution in [0, 0.1) is 0 Å². The van der Waals surface area contributed by atoms with Gasteiger partial charge in [-0.2, -0.15) is 0 Å². The van der Waals surface area contributed by atoms with E-state index in [1.54, 1.807) is 0 Å². The monoisotopic (exact) mass is 89.0 g/mol. The molecule has 0 saturated carbocycles. The van der Waals surface area contributed by atoms with E-state index in [2.05, 4.69) is 0 Å². The molecular formula is BeO3S. The van der Waals surface area contributed by atoms with Crippen LogP contribution in [0.25, 0.3) is 0 Å². The average Bonchev–Trinajstić information content (AvgIpc) is 0.811. The first-order valence-corrected chi connectivity index (χ1v) is 1.50. The molecule has 26 valence electrons. The number of rotatable bonds is 0. The van der Waals surface area contributed by atoms with Gasteiger partial charge >= 0.3 is 10.1 Å². The van der Waals surface area contributed by atoms with Gasteiger partial charge in [-0.15, -0.1) is 11.4 Å². The quantitative estimate of drug-likeness (QED) is 0.271. The second-order valence-electron chi connectivity index (χ2n) is 0.204. The van der Waals surface area contributed by atoms with Crippen LogP contribution in [0.2, 0.25) is 0 Å². The largest absolute Gasteiger partial charge is 2.00 e. The standard InChI is InChI=1S/Be.H2O3S/c;1-4(2)3/h;(H2,1,2,3)/q+2;/p-2. The molecule has 0 spiro atoms. The first-order chi connectivity index (χ1) is 1.73. The van der Waals surface area contributed by atoms with Crippen LogP contribution in [0.4, 0.5) is 0 Å². The summed E-state index contributed by atoms with van der Waals surface area (Å²) in [6.07, 6.45) is 0. The van der Waals surface area contributed by atoms with Gasteiger partial charge in [-0.05, 0) is 0 Å². The zero-order chi connectivity index (χ0) is 3.58. The summed E-state index contributed by atoms with van der Waals surface area (Å²) in [6.45, 7) is 0. The molecule has 0 aliphatic heterocycles. The molecule has 5 heteroatoms. The van der Waals surface area contributed by atoms with Gasteiger partial charge in [-0.1, -0.05) is 0 Å². The Kier molecular flexibility index (Phi) is 7.61. The summed E-state index contributed by atoms with van der Waals surface area (Å²) in [4.78, 5) is 0. The molecule has 0 rings (SSSR count). The van der Waals surface area contributed by atoms with E-state index in [1.807, 2.05) is 0 Å². The van der Waals surface area contributed by atoms with Crippen molar-refractivity contribution in [3.8, 4) is 0 Å². The third-order valence-corrected chi connectivity index (χ3v) is 0. The molecule has 0 N–H and O–H groups in total. The second kappa shape index (κ2) is 4.24. The maximum atomic E-state index is 8.44. The summed E-state index contributed by atoms with van der Waals surface area (Å²) < 4.78 is 25.3. The van der Waals surface area contributed by atoms with Crippen LogP contribution in [0.15, 0.2) is 0 Å². The molecule has 0 aromatic carbocycles. The maximum Gasteiger partial charge on any atom is 2.00 e. The van der Waals surface area contributed by atoms with Crippen molar-refractivity contribution < 1.29 is 13.3 Å². The fraction of sp³-hybridized carbons (Fsp3) is 0. The van der Waals surface area contributed by atoms with Gasteiger partial charge in [0.15, 0.2) is 0 Å².